The predicted octanol–water partition coefficient (Wildman–Crippen LogP) is 2.50. The maximum atomic E-state index is 9.32. The van der Waals surface area contributed by atoms with Gasteiger partial charge in [0.2, 0.25) is 0 Å². The summed E-state index contributed by atoms with van der Waals surface area (Å²) in [5.74, 6) is 0. The Morgan fingerprint density at radius 1 is 1.40 bits per heavy atom. The van der Waals surface area contributed by atoms with Gasteiger partial charge in [0.15, 0.2) is 0 Å². The number of aromatic nitrogens is 1. The molecule has 15 heavy (non-hydrogen) atoms. The first-order valence-electron chi connectivity index (χ1n) is 5.50. The Morgan fingerprint density at radius 3 is 2.87 bits per heavy atom. The minimum atomic E-state index is 0.0840. The molecule has 1 N–H and O–H groups in total. The van der Waals surface area contributed by atoms with E-state index in [1.165, 1.54) is 24.8 Å². The van der Waals surface area contributed by atoms with Crippen LogP contribution in [0.25, 0.3) is 0 Å². The summed E-state index contributed by atoms with van der Waals surface area (Å²) in [6.07, 6.45) is 6.07. The zero-order valence-corrected chi connectivity index (χ0v) is 9.35. The van der Waals surface area contributed by atoms with Gasteiger partial charge in [-0.25, -0.2) is 4.98 Å². The molecule has 0 saturated heterocycles. The summed E-state index contributed by atoms with van der Waals surface area (Å²) in [6.45, 7) is 0.0840. The molecule has 1 heterocycles. The lowest BCUT2D eigenvalue weighted by Crippen LogP contribution is -2.18. The smallest absolute Gasteiger partial charge is 0.129 e. The van der Waals surface area contributed by atoms with Gasteiger partial charge in [0.1, 0.15) is 5.15 Å². The second kappa shape index (κ2) is 3.19. The van der Waals surface area contributed by atoms with Gasteiger partial charge >= 0.3 is 0 Å². The number of hydrogen-bond donors (Lipinski definition) is 1. The first-order valence-corrected chi connectivity index (χ1v) is 5.88. The monoisotopic (exact) mass is 223 g/mol. The van der Waals surface area contributed by atoms with Crippen molar-refractivity contribution in [3.8, 4) is 0 Å². The molecule has 1 aromatic rings. The number of hydrogen-bond acceptors (Lipinski definition) is 2. The van der Waals surface area contributed by atoms with Gasteiger partial charge in [-0.05, 0) is 54.7 Å². The minimum Gasteiger partial charge on any atom is -0.392 e. The van der Waals surface area contributed by atoms with Crippen molar-refractivity contribution in [2.75, 3.05) is 0 Å². The fourth-order valence-electron chi connectivity index (χ4n) is 2.66. The van der Waals surface area contributed by atoms with Crippen molar-refractivity contribution in [3.05, 3.63) is 28.0 Å². The van der Waals surface area contributed by atoms with Gasteiger partial charge in [-0.1, -0.05) is 11.6 Å². The zero-order valence-electron chi connectivity index (χ0n) is 8.59. The Balaban J connectivity index is 2.06. The highest BCUT2D eigenvalue weighted by Gasteiger charge is 2.45. The van der Waals surface area contributed by atoms with Gasteiger partial charge < -0.3 is 5.11 Å². The standard InChI is InChI=1S/C12H14ClNO/c13-11-5-8(7-15)9-6-12(3-4-12)2-1-10(9)14-11/h5,15H,1-4,6-7H2. The fraction of sp³-hybridized carbons (Fsp3) is 0.583. The third-order valence-corrected chi connectivity index (χ3v) is 4.04. The van der Waals surface area contributed by atoms with E-state index in [9.17, 15) is 5.11 Å². The third kappa shape index (κ3) is 1.56. The largest absolute Gasteiger partial charge is 0.392 e. The van der Waals surface area contributed by atoms with Crippen molar-refractivity contribution >= 4 is 11.6 Å². The number of aliphatic hydroxyl groups is 1. The Kier molecular flexibility index (Phi) is 2.05. The molecule has 0 atom stereocenters. The molecule has 0 bridgehead atoms. The number of rotatable bonds is 1. The van der Waals surface area contributed by atoms with Crippen LogP contribution in [-0.2, 0) is 19.4 Å². The number of aliphatic hydroxyl groups excluding tert-OH is 1. The quantitative estimate of drug-likeness (QED) is 0.743. The van der Waals surface area contributed by atoms with E-state index in [2.05, 4.69) is 4.98 Å². The van der Waals surface area contributed by atoms with E-state index in [0.717, 1.165) is 24.1 Å². The second-order valence-corrected chi connectivity index (χ2v) is 5.25. The molecule has 2 nitrogen and oxygen atoms in total. The van der Waals surface area contributed by atoms with E-state index in [-0.39, 0.29) is 6.61 Å². The van der Waals surface area contributed by atoms with Crippen LogP contribution in [0.3, 0.4) is 0 Å². The van der Waals surface area contributed by atoms with Crippen molar-refractivity contribution in [2.45, 2.75) is 38.7 Å². The van der Waals surface area contributed by atoms with Gasteiger partial charge in [0.05, 0.1) is 6.61 Å². The third-order valence-electron chi connectivity index (χ3n) is 3.84. The topological polar surface area (TPSA) is 33.1 Å². The molecule has 80 valence electrons. The molecule has 0 aromatic carbocycles. The van der Waals surface area contributed by atoms with E-state index < -0.39 is 0 Å². The average Bonchev–Trinajstić information content (AvgIpc) is 2.98. The highest BCUT2D eigenvalue weighted by molar-refractivity contribution is 6.29. The first-order chi connectivity index (χ1) is 7.22. The molecule has 2 aliphatic carbocycles. The van der Waals surface area contributed by atoms with Gasteiger partial charge in [0, 0.05) is 5.69 Å². The molecule has 0 unspecified atom stereocenters. The maximum Gasteiger partial charge on any atom is 0.129 e. The van der Waals surface area contributed by atoms with Gasteiger partial charge in [-0.15, -0.1) is 0 Å². The molecule has 1 fully saturated rings. The molecule has 0 amide bonds. The lowest BCUT2D eigenvalue weighted by atomic mass is 9.82. The van der Waals surface area contributed by atoms with Gasteiger partial charge in [-0.3, -0.25) is 0 Å². The van der Waals surface area contributed by atoms with E-state index >= 15 is 0 Å². The fourth-order valence-corrected chi connectivity index (χ4v) is 2.89. The highest BCUT2D eigenvalue weighted by atomic mass is 35.5. The van der Waals surface area contributed by atoms with Crippen LogP contribution in [0, 0.1) is 5.41 Å². The van der Waals surface area contributed by atoms with Crippen LogP contribution in [0.5, 0.6) is 0 Å². The van der Waals surface area contributed by atoms with Crippen LogP contribution in [-0.4, -0.2) is 10.1 Å². The normalized spacial score (nSPS) is 21.5. The summed E-state index contributed by atoms with van der Waals surface area (Å²) in [4.78, 5) is 4.37. The summed E-state index contributed by atoms with van der Waals surface area (Å²) >= 11 is 5.93. The van der Waals surface area contributed by atoms with Crippen molar-refractivity contribution in [3.63, 3.8) is 0 Å². The van der Waals surface area contributed by atoms with Gasteiger partial charge in [0.25, 0.3) is 0 Å². The number of aryl methyl sites for hydroxylation is 1. The number of nitrogens with zero attached hydrogens (tertiary/aromatic N) is 1. The summed E-state index contributed by atoms with van der Waals surface area (Å²) in [6, 6.07) is 1.81. The molecule has 2 aliphatic rings. The average molecular weight is 224 g/mol. The molecular formula is C12H14ClNO. The van der Waals surface area contributed by atoms with Crippen molar-refractivity contribution in [2.24, 2.45) is 5.41 Å². The lowest BCUT2D eigenvalue weighted by molar-refractivity contribution is 0.278. The lowest BCUT2D eigenvalue weighted by Gasteiger charge is -2.25. The maximum absolute atomic E-state index is 9.32. The second-order valence-electron chi connectivity index (χ2n) is 4.86. The van der Waals surface area contributed by atoms with Crippen LogP contribution in [0.1, 0.15) is 36.1 Å². The van der Waals surface area contributed by atoms with E-state index in [1.807, 2.05) is 6.07 Å². The van der Waals surface area contributed by atoms with Crippen molar-refractivity contribution in [1.29, 1.82) is 0 Å². The Hall–Kier alpha value is -0.600. The molecule has 1 saturated carbocycles. The molecule has 1 aromatic heterocycles. The van der Waals surface area contributed by atoms with Crippen LogP contribution >= 0.6 is 11.6 Å². The minimum absolute atomic E-state index is 0.0840. The van der Waals surface area contributed by atoms with Gasteiger partial charge in [-0.2, -0.15) is 0 Å². The number of halogens is 1. The Bertz CT molecular complexity index is 395. The number of fused-ring (bicyclic) bond motifs is 1. The molecular weight excluding hydrogens is 210 g/mol. The van der Waals surface area contributed by atoms with Crippen molar-refractivity contribution in [1.82, 2.24) is 4.98 Å². The summed E-state index contributed by atoms with van der Waals surface area (Å²) in [5.41, 5.74) is 3.93. The molecule has 0 aliphatic heterocycles. The van der Waals surface area contributed by atoms with Crippen molar-refractivity contribution < 1.29 is 5.11 Å². The molecule has 0 radical (unpaired) electrons. The molecule has 3 heteroatoms. The van der Waals surface area contributed by atoms with Crippen LogP contribution in [0.4, 0.5) is 0 Å². The zero-order chi connectivity index (χ0) is 10.5. The SMILES string of the molecule is OCc1cc(Cl)nc2c1CC1(CC2)CC1. The van der Waals surface area contributed by atoms with Crippen LogP contribution < -0.4 is 0 Å². The van der Waals surface area contributed by atoms with Crippen LogP contribution in [0.2, 0.25) is 5.15 Å². The van der Waals surface area contributed by atoms with Crippen LogP contribution in [0.15, 0.2) is 6.07 Å². The van der Waals surface area contributed by atoms with E-state index in [4.69, 9.17) is 11.6 Å². The summed E-state index contributed by atoms with van der Waals surface area (Å²) < 4.78 is 0. The Morgan fingerprint density at radius 2 is 2.20 bits per heavy atom. The van der Waals surface area contributed by atoms with E-state index in [0.29, 0.717) is 10.6 Å². The summed E-state index contributed by atoms with van der Waals surface area (Å²) in [7, 11) is 0. The molecule has 1 spiro atoms. The first kappa shape index (κ1) is 9.61. The highest BCUT2D eigenvalue weighted by Crippen LogP contribution is 2.54. The summed E-state index contributed by atoms with van der Waals surface area (Å²) in [5, 5.41) is 9.84. The molecule has 3 rings (SSSR count). The van der Waals surface area contributed by atoms with E-state index in [1.54, 1.807) is 0 Å². The predicted molar refractivity (Wildman–Crippen MR) is 58.9 cm³/mol. The number of pyridine rings is 1. The Labute approximate surface area is 94.3 Å².